The molecule has 0 radical (unpaired) electrons. The van der Waals surface area contributed by atoms with Crippen LogP contribution in [-0.2, 0) is 20.8 Å². The molecule has 1 atom stereocenters. The Labute approximate surface area is 167 Å². The third kappa shape index (κ3) is 7.05. The zero-order valence-corrected chi connectivity index (χ0v) is 16.2. The number of fused-ring (bicyclic) bond motifs is 1. The van der Waals surface area contributed by atoms with Crippen molar-refractivity contribution in [3.63, 3.8) is 0 Å². The summed E-state index contributed by atoms with van der Waals surface area (Å²) in [6.45, 7) is 0. The number of aliphatic carboxylic acids is 1. The van der Waals surface area contributed by atoms with E-state index in [0.717, 1.165) is 37.8 Å². The molecule has 6 N–H and O–H groups in total. The predicted molar refractivity (Wildman–Crippen MR) is 107 cm³/mol. The van der Waals surface area contributed by atoms with Crippen molar-refractivity contribution in [3.8, 4) is 0 Å². The van der Waals surface area contributed by atoms with E-state index in [2.05, 4.69) is 20.3 Å². The number of carboxylic acid groups (broad SMARTS) is 1. The lowest BCUT2D eigenvalue weighted by molar-refractivity contribution is -0.142. The Hall–Kier alpha value is -3.17. The zero-order valence-electron chi connectivity index (χ0n) is 16.2. The molecule has 0 aliphatic heterocycles. The number of hydrogen-bond acceptors (Lipinski definition) is 6. The summed E-state index contributed by atoms with van der Waals surface area (Å²) in [4.78, 5) is 54.6. The second kappa shape index (κ2) is 11.0. The Bertz CT molecular complexity index is 904. The number of aromatic amines is 2. The lowest BCUT2D eigenvalue weighted by Crippen LogP contribution is -2.40. The number of nitrogens with zero attached hydrogens (tertiary/aromatic N) is 1. The third-order valence-corrected chi connectivity index (χ3v) is 4.63. The quantitative estimate of drug-likeness (QED) is 0.246. The predicted octanol–water partition coefficient (Wildman–Crippen LogP) is 1.26. The van der Waals surface area contributed by atoms with Crippen LogP contribution in [-0.4, -0.2) is 44.3 Å². The van der Waals surface area contributed by atoms with E-state index in [4.69, 9.17) is 10.8 Å². The monoisotopic (exact) mass is 405 g/mol. The van der Waals surface area contributed by atoms with Crippen molar-refractivity contribution >= 4 is 35.1 Å². The summed E-state index contributed by atoms with van der Waals surface area (Å²) in [5, 5.41) is 12.0. The molecular weight excluding hydrogens is 378 g/mol. The number of nitrogens with one attached hydrogen (secondary N) is 3. The molecule has 158 valence electrons. The van der Waals surface area contributed by atoms with Gasteiger partial charge < -0.3 is 25.9 Å². The molecule has 0 fully saturated rings. The van der Waals surface area contributed by atoms with Crippen LogP contribution in [0.4, 0.5) is 5.95 Å². The third-order valence-electron chi connectivity index (χ3n) is 4.63. The Kier molecular flexibility index (Phi) is 8.38. The second-order valence-corrected chi connectivity index (χ2v) is 6.98. The SMILES string of the molecule is Nc1nc2[nH]c(CCCCCCCC(=O)N[C@@H](CCC=O)C(=O)O)cc2c(=O)[nH]1. The van der Waals surface area contributed by atoms with E-state index in [-0.39, 0.29) is 36.7 Å². The number of nitrogens with two attached hydrogens (primary N) is 1. The maximum Gasteiger partial charge on any atom is 0.326 e. The smallest absolute Gasteiger partial charge is 0.326 e. The molecule has 10 nitrogen and oxygen atoms in total. The van der Waals surface area contributed by atoms with E-state index in [1.54, 1.807) is 6.07 Å². The van der Waals surface area contributed by atoms with Crippen LogP contribution in [0.2, 0.25) is 0 Å². The standard InChI is InChI=1S/C19H27N5O5/c20-19-23-16-13(17(27)24-19)11-12(21-16)7-4-2-1-3-5-9-15(26)22-14(18(28)29)8-6-10-25/h10-11,14H,1-9H2,(H,22,26)(H,28,29)(H4,20,21,23,24,27)/t14-/m0/s1. The highest BCUT2D eigenvalue weighted by Gasteiger charge is 2.18. The van der Waals surface area contributed by atoms with Crippen LogP contribution in [0.15, 0.2) is 10.9 Å². The molecule has 0 saturated carbocycles. The van der Waals surface area contributed by atoms with E-state index in [1.165, 1.54) is 0 Å². The van der Waals surface area contributed by atoms with E-state index in [1.807, 2.05) is 0 Å². The lowest BCUT2D eigenvalue weighted by atomic mass is 10.1. The summed E-state index contributed by atoms with van der Waals surface area (Å²) in [6, 6.07) is 0.773. The van der Waals surface area contributed by atoms with E-state index >= 15 is 0 Å². The summed E-state index contributed by atoms with van der Waals surface area (Å²) < 4.78 is 0. The van der Waals surface area contributed by atoms with Crippen molar-refractivity contribution in [2.24, 2.45) is 0 Å². The fraction of sp³-hybridized carbons (Fsp3) is 0.526. The Morgan fingerprint density at radius 3 is 2.66 bits per heavy atom. The molecule has 2 rings (SSSR count). The van der Waals surface area contributed by atoms with Gasteiger partial charge in [-0.1, -0.05) is 19.3 Å². The van der Waals surface area contributed by atoms with E-state index < -0.39 is 12.0 Å². The molecule has 0 spiro atoms. The van der Waals surface area contributed by atoms with Gasteiger partial charge in [0.05, 0.1) is 5.39 Å². The van der Waals surface area contributed by atoms with Gasteiger partial charge in [0, 0.05) is 18.5 Å². The lowest BCUT2D eigenvalue weighted by Gasteiger charge is -2.13. The number of carbonyl (C=O) groups is 3. The zero-order chi connectivity index (χ0) is 21.2. The first-order chi connectivity index (χ1) is 13.9. The van der Waals surface area contributed by atoms with Crippen LogP contribution in [0.1, 0.15) is 57.1 Å². The average molecular weight is 405 g/mol. The van der Waals surface area contributed by atoms with Gasteiger partial charge in [-0.3, -0.25) is 14.6 Å². The molecule has 1 amide bonds. The number of aldehydes is 1. The van der Waals surface area contributed by atoms with Crippen molar-refractivity contribution in [1.82, 2.24) is 20.3 Å². The number of amides is 1. The van der Waals surface area contributed by atoms with Crippen LogP contribution in [0, 0.1) is 0 Å². The average Bonchev–Trinajstić information content (AvgIpc) is 3.07. The van der Waals surface area contributed by atoms with Gasteiger partial charge in [-0.2, -0.15) is 4.98 Å². The van der Waals surface area contributed by atoms with Gasteiger partial charge in [0.2, 0.25) is 11.9 Å². The number of aryl methyl sites for hydroxylation is 1. The van der Waals surface area contributed by atoms with Crippen LogP contribution in [0.3, 0.4) is 0 Å². The number of nitrogen functional groups attached to an aromatic ring is 1. The molecule has 2 heterocycles. The van der Waals surface area contributed by atoms with E-state index in [0.29, 0.717) is 23.7 Å². The van der Waals surface area contributed by atoms with Crippen molar-refractivity contribution < 1.29 is 19.5 Å². The highest BCUT2D eigenvalue weighted by Crippen LogP contribution is 2.13. The number of carboxylic acids is 1. The largest absolute Gasteiger partial charge is 0.480 e. The van der Waals surface area contributed by atoms with Crippen LogP contribution >= 0.6 is 0 Å². The van der Waals surface area contributed by atoms with Crippen molar-refractivity contribution in [2.45, 2.75) is 63.8 Å². The molecule has 0 aliphatic rings. The molecule has 0 bridgehead atoms. The molecule has 0 aliphatic carbocycles. The Balaban J connectivity index is 1.62. The summed E-state index contributed by atoms with van der Waals surface area (Å²) in [7, 11) is 0. The van der Waals surface area contributed by atoms with Crippen LogP contribution < -0.4 is 16.6 Å². The minimum absolute atomic E-state index is 0.0818. The maximum absolute atomic E-state index is 11.8. The van der Waals surface area contributed by atoms with Gasteiger partial charge in [0.25, 0.3) is 5.56 Å². The first-order valence-corrected chi connectivity index (χ1v) is 9.74. The number of rotatable bonds is 13. The fourth-order valence-electron chi connectivity index (χ4n) is 3.12. The number of carbonyl (C=O) groups excluding carboxylic acids is 2. The van der Waals surface area contributed by atoms with Gasteiger partial charge in [-0.25, -0.2) is 4.79 Å². The second-order valence-electron chi connectivity index (χ2n) is 6.98. The minimum atomic E-state index is -1.13. The Morgan fingerprint density at radius 1 is 1.21 bits per heavy atom. The Morgan fingerprint density at radius 2 is 1.93 bits per heavy atom. The molecule has 0 unspecified atom stereocenters. The molecule has 10 heteroatoms. The maximum atomic E-state index is 11.8. The van der Waals surface area contributed by atoms with Crippen molar-refractivity contribution in [3.05, 3.63) is 22.1 Å². The summed E-state index contributed by atoms with van der Waals surface area (Å²) in [5.74, 6) is -1.35. The highest BCUT2D eigenvalue weighted by atomic mass is 16.4. The first kappa shape index (κ1) is 22.1. The number of H-pyrrole nitrogens is 2. The topological polar surface area (TPSA) is 171 Å². The molecule has 2 aromatic heterocycles. The van der Waals surface area contributed by atoms with Crippen LogP contribution in [0.5, 0.6) is 0 Å². The summed E-state index contributed by atoms with van der Waals surface area (Å²) in [5.41, 5.74) is 6.68. The molecule has 29 heavy (non-hydrogen) atoms. The van der Waals surface area contributed by atoms with E-state index in [9.17, 15) is 19.2 Å². The van der Waals surface area contributed by atoms with Crippen molar-refractivity contribution in [2.75, 3.05) is 5.73 Å². The summed E-state index contributed by atoms with van der Waals surface area (Å²) >= 11 is 0. The van der Waals surface area contributed by atoms with Gasteiger partial charge >= 0.3 is 5.97 Å². The summed E-state index contributed by atoms with van der Waals surface area (Å²) in [6.07, 6.45) is 6.29. The number of hydrogen-bond donors (Lipinski definition) is 5. The number of unbranched alkanes of at least 4 members (excludes halogenated alkanes) is 4. The van der Waals surface area contributed by atoms with Gasteiger partial charge in [0.15, 0.2) is 0 Å². The number of anilines is 1. The van der Waals surface area contributed by atoms with Gasteiger partial charge in [-0.15, -0.1) is 0 Å². The van der Waals surface area contributed by atoms with Gasteiger partial charge in [0.1, 0.15) is 18.0 Å². The molecule has 2 aromatic rings. The van der Waals surface area contributed by atoms with Crippen molar-refractivity contribution in [1.29, 1.82) is 0 Å². The normalized spacial score (nSPS) is 12.0. The minimum Gasteiger partial charge on any atom is -0.480 e. The molecule has 0 aromatic carbocycles. The van der Waals surface area contributed by atoms with Gasteiger partial charge in [-0.05, 0) is 31.7 Å². The fourth-order valence-corrected chi connectivity index (χ4v) is 3.12. The number of aromatic nitrogens is 3. The highest BCUT2D eigenvalue weighted by molar-refractivity contribution is 5.83. The first-order valence-electron chi connectivity index (χ1n) is 9.74. The molecular formula is C19H27N5O5. The molecule has 0 saturated heterocycles. The van der Waals surface area contributed by atoms with Crippen LogP contribution in [0.25, 0.3) is 11.0 Å².